The van der Waals surface area contributed by atoms with Crippen molar-refractivity contribution in [1.29, 1.82) is 0 Å². The Morgan fingerprint density at radius 3 is 2.06 bits per heavy atom. The number of nitrogens with zero attached hydrogens (tertiary/aromatic N) is 3. The lowest BCUT2D eigenvalue weighted by molar-refractivity contribution is 0.459. The van der Waals surface area contributed by atoms with E-state index in [1.165, 1.54) is 16.2 Å². The number of nitrogens with one attached hydrogen (secondary N) is 1. The van der Waals surface area contributed by atoms with Gasteiger partial charge in [-0.25, -0.2) is 9.98 Å². The van der Waals surface area contributed by atoms with Gasteiger partial charge in [-0.1, -0.05) is 115 Å². The van der Waals surface area contributed by atoms with E-state index in [0.29, 0.717) is 5.84 Å². The summed E-state index contributed by atoms with van der Waals surface area (Å²) in [6, 6.07) is 51.3. The fraction of sp³-hybridized carbons (Fsp3) is 0.0444. The molecular weight excluding hydrogens is 613 g/mol. The second-order valence-electron chi connectivity index (χ2n) is 13.1. The number of benzene rings is 7. The van der Waals surface area contributed by atoms with Gasteiger partial charge >= 0.3 is 0 Å². The molecule has 1 N–H and O–H groups in total. The first-order valence-electron chi connectivity index (χ1n) is 16.8. The third kappa shape index (κ3) is 4.59. The maximum atomic E-state index is 6.16. The van der Waals surface area contributed by atoms with Crippen molar-refractivity contribution >= 4 is 65.9 Å². The van der Waals surface area contributed by atoms with Gasteiger partial charge in [-0.15, -0.1) is 0 Å². The first-order chi connectivity index (χ1) is 24.6. The number of pyridine rings is 1. The Hall–Kier alpha value is -6.59. The van der Waals surface area contributed by atoms with Crippen LogP contribution in [-0.2, 0) is 5.66 Å². The van der Waals surface area contributed by atoms with Crippen molar-refractivity contribution in [3.8, 4) is 11.1 Å². The van der Waals surface area contributed by atoms with Gasteiger partial charge in [0.25, 0.3) is 0 Å². The number of aliphatic imine (C=N–C) groups is 2. The summed E-state index contributed by atoms with van der Waals surface area (Å²) in [7, 11) is 0. The molecule has 1 aliphatic rings. The molecule has 0 saturated carbocycles. The molecule has 1 atom stereocenters. The van der Waals surface area contributed by atoms with Crippen LogP contribution >= 0.6 is 0 Å². The fourth-order valence-corrected chi connectivity index (χ4v) is 7.48. The van der Waals surface area contributed by atoms with E-state index in [0.717, 1.165) is 71.8 Å². The van der Waals surface area contributed by atoms with Gasteiger partial charge in [0.2, 0.25) is 0 Å². The van der Waals surface area contributed by atoms with Crippen molar-refractivity contribution in [2.45, 2.75) is 12.6 Å². The number of hydrogen-bond acceptors (Lipinski definition) is 5. The van der Waals surface area contributed by atoms with E-state index in [1.807, 2.05) is 18.3 Å². The quantitative estimate of drug-likeness (QED) is 0.208. The number of hydrogen-bond donors (Lipinski definition) is 1. The lowest BCUT2D eigenvalue weighted by atomic mass is 9.91. The minimum atomic E-state index is -0.807. The van der Waals surface area contributed by atoms with Crippen LogP contribution in [0.5, 0.6) is 0 Å². The molecule has 1 unspecified atom stereocenters. The molecule has 2 aromatic heterocycles. The molecule has 0 amide bonds. The summed E-state index contributed by atoms with van der Waals surface area (Å²) in [5.41, 5.74) is 6.16. The van der Waals surface area contributed by atoms with Crippen LogP contribution in [0.1, 0.15) is 23.6 Å². The topological polar surface area (TPSA) is 62.8 Å². The molecule has 10 rings (SSSR count). The van der Waals surface area contributed by atoms with E-state index in [9.17, 15) is 0 Å². The predicted molar refractivity (Wildman–Crippen MR) is 206 cm³/mol. The summed E-state index contributed by atoms with van der Waals surface area (Å²) in [6.45, 7) is 2.15. The Balaban J connectivity index is 1.13. The van der Waals surface area contributed by atoms with Crippen LogP contribution in [0, 0.1) is 0 Å². The molecule has 0 bridgehead atoms. The fourth-order valence-electron chi connectivity index (χ4n) is 7.48. The van der Waals surface area contributed by atoms with Gasteiger partial charge in [0.1, 0.15) is 11.4 Å². The van der Waals surface area contributed by atoms with Gasteiger partial charge in [-0.2, -0.15) is 0 Å². The highest BCUT2D eigenvalue weighted by Crippen LogP contribution is 2.39. The summed E-state index contributed by atoms with van der Waals surface area (Å²) in [4.78, 5) is 14.8. The molecule has 0 saturated heterocycles. The Labute approximate surface area is 288 Å². The molecule has 5 heteroatoms. The van der Waals surface area contributed by atoms with Gasteiger partial charge in [0.05, 0.1) is 6.20 Å². The average molecular weight is 643 g/mol. The maximum Gasteiger partial charge on any atom is 0.159 e. The van der Waals surface area contributed by atoms with Gasteiger partial charge < -0.3 is 9.73 Å². The summed E-state index contributed by atoms with van der Waals surface area (Å²) in [5, 5.41) is 12.9. The highest BCUT2D eigenvalue weighted by Gasteiger charge is 2.33. The summed E-state index contributed by atoms with van der Waals surface area (Å²) in [6.07, 6.45) is 3.60. The third-order valence-corrected chi connectivity index (χ3v) is 9.96. The average Bonchev–Trinajstić information content (AvgIpc) is 3.56. The zero-order chi connectivity index (χ0) is 33.2. The molecule has 7 aromatic carbocycles. The first kappa shape index (κ1) is 28.4. The number of rotatable bonds is 4. The molecule has 0 radical (unpaired) electrons. The van der Waals surface area contributed by atoms with E-state index >= 15 is 0 Å². The summed E-state index contributed by atoms with van der Waals surface area (Å²) < 4.78 is 6.16. The number of fused-ring (bicyclic) bond motifs is 6. The second-order valence-corrected chi connectivity index (χ2v) is 13.1. The van der Waals surface area contributed by atoms with E-state index in [4.69, 9.17) is 14.4 Å². The van der Waals surface area contributed by atoms with Crippen LogP contribution in [0.25, 0.3) is 65.4 Å². The van der Waals surface area contributed by atoms with E-state index in [2.05, 4.69) is 151 Å². The lowest BCUT2D eigenvalue weighted by Gasteiger charge is -2.34. The van der Waals surface area contributed by atoms with Crippen LogP contribution in [0.4, 0.5) is 0 Å². The minimum Gasteiger partial charge on any atom is -0.454 e. The molecule has 9 aromatic rings. The molecule has 0 spiro atoms. The molecule has 3 heterocycles. The van der Waals surface area contributed by atoms with Crippen molar-refractivity contribution in [2.75, 3.05) is 0 Å². The maximum absolute atomic E-state index is 6.16. The molecule has 236 valence electrons. The van der Waals surface area contributed by atoms with Gasteiger partial charge in [-0.05, 0) is 80.7 Å². The Morgan fingerprint density at radius 2 is 1.24 bits per heavy atom. The molecule has 5 nitrogen and oxygen atoms in total. The standard InChI is InChI=1S/C45H30N4O/c1-45(39-14-6-12-32-26-33(20-21-36(32)39)37-13-7-15-40-42(37)38-22-23-46-27-41(38)50-40)48-43(34-18-16-28-8-2-4-10-30(28)24-34)47-44(49-45)35-19-17-29-9-3-5-11-31(29)25-35/h2-27H,1H3,(H,47,48,49). The Bertz CT molecular complexity index is 2880. The number of furan rings is 1. The largest absolute Gasteiger partial charge is 0.454 e. The van der Waals surface area contributed by atoms with Crippen molar-refractivity contribution < 1.29 is 4.42 Å². The van der Waals surface area contributed by atoms with Crippen molar-refractivity contribution in [3.63, 3.8) is 0 Å². The third-order valence-electron chi connectivity index (χ3n) is 9.96. The summed E-state index contributed by atoms with van der Waals surface area (Å²) >= 11 is 0. The SMILES string of the molecule is CC1(c2cccc3cc(-c4cccc5oc6cnccc6c45)ccc23)N=C(c2ccc3ccccc3c2)N=C(c2ccc3ccccc3c2)N1. The van der Waals surface area contributed by atoms with Crippen LogP contribution in [0.15, 0.2) is 172 Å². The Morgan fingerprint density at radius 1 is 0.560 bits per heavy atom. The van der Waals surface area contributed by atoms with E-state index in [-0.39, 0.29) is 0 Å². The second kappa shape index (κ2) is 11.0. The zero-order valence-corrected chi connectivity index (χ0v) is 27.3. The van der Waals surface area contributed by atoms with Crippen molar-refractivity contribution in [3.05, 3.63) is 175 Å². The molecule has 1 aliphatic heterocycles. The van der Waals surface area contributed by atoms with Gasteiger partial charge in [-0.3, -0.25) is 4.98 Å². The predicted octanol–water partition coefficient (Wildman–Crippen LogP) is 10.8. The molecule has 50 heavy (non-hydrogen) atoms. The van der Waals surface area contributed by atoms with Crippen LogP contribution in [-0.4, -0.2) is 16.7 Å². The highest BCUT2D eigenvalue weighted by molar-refractivity contribution is 6.16. The van der Waals surface area contributed by atoms with Crippen LogP contribution in [0.3, 0.4) is 0 Å². The zero-order valence-electron chi connectivity index (χ0n) is 27.3. The molecular formula is C45H30N4O. The Kier molecular flexibility index (Phi) is 6.24. The van der Waals surface area contributed by atoms with E-state index < -0.39 is 5.66 Å². The minimum absolute atomic E-state index is 0.696. The van der Waals surface area contributed by atoms with Crippen LogP contribution < -0.4 is 5.32 Å². The normalized spacial score (nSPS) is 16.2. The molecule has 0 fully saturated rings. The highest BCUT2D eigenvalue weighted by atomic mass is 16.3. The lowest BCUT2D eigenvalue weighted by Crippen LogP contribution is -2.46. The smallest absolute Gasteiger partial charge is 0.159 e. The van der Waals surface area contributed by atoms with Gasteiger partial charge in [0.15, 0.2) is 17.1 Å². The van der Waals surface area contributed by atoms with Gasteiger partial charge in [0, 0.05) is 33.7 Å². The van der Waals surface area contributed by atoms with Crippen LogP contribution in [0.2, 0.25) is 0 Å². The number of amidine groups is 2. The number of aromatic nitrogens is 1. The first-order valence-corrected chi connectivity index (χ1v) is 16.8. The monoisotopic (exact) mass is 642 g/mol. The van der Waals surface area contributed by atoms with Crippen molar-refractivity contribution in [2.24, 2.45) is 9.98 Å². The van der Waals surface area contributed by atoms with E-state index in [1.54, 1.807) is 6.20 Å². The molecule has 0 aliphatic carbocycles. The summed E-state index contributed by atoms with van der Waals surface area (Å²) in [5.74, 6) is 1.49. The van der Waals surface area contributed by atoms with Crippen molar-refractivity contribution in [1.82, 2.24) is 10.3 Å².